The van der Waals surface area contributed by atoms with Crippen LogP contribution in [-0.4, -0.2) is 54.2 Å². The summed E-state index contributed by atoms with van der Waals surface area (Å²) < 4.78 is 0. The summed E-state index contributed by atoms with van der Waals surface area (Å²) in [6.07, 6.45) is 6.65. The highest BCUT2D eigenvalue weighted by atomic mass is 35.5. The van der Waals surface area contributed by atoms with E-state index >= 15 is 0 Å². The van der Waals surface area contributed by atoms with Crippen molar-refractivity contribution in [3.8, 4) is 0 Å². The zero-order valence-electron chi connectivity index (χ0n) is 18.3. The highest BCUT2D eigenvalue weighted by molar-refractivity contribution is 6.30. The molecule has 0 radical (unpaired) electrons. The fraction of sp³-hybridized carbons (Fsp3) is 0.560. The van der Waals surface area contributed by atoms with E-state index in [1.54, 1.807) is 0 Å². The van der Waals surface area contributed by atoms with Crippen LogP contribution in [-0.2, 0) is 6.42 Å². The van der Waals surface area contributed by atoms with E-state index in [1.807, 2.05) is 24.4 Å². The third kappa shape index (κ3) is 5.54. The standard InChI is InChI=1S/C25H35ClN4/c1-19(2)15-22-18-30(24(17-28-22)16-20-6-8-21(26)9-7-20)23-10-13-29(14-11-23)25-5-3-4-12-27-25/h3-9,12,19,22-24,28H,10-11,13-18H2,1-2H3/t22-,24-/m0/s1. The van der Waals surface area contributed by atoms with Crippen molar-refractivity contribution in [2.24, 2.45) is 5.92 Å². The Hall–Kier alpha value is -1.62. The van der Waals surface area contributed by atoms with Crippen molar-refractivity contribution in [2.45, 2.75) is 57.7 Å². The van der Waals surface area contributed by atoms with Gasteiger partial charge in [0, 0.05) is 55.5 Å². The first-order chi connectivity index (χ1) is 14.6. The number of piperazine rings is 1. The maximum atomic E-state index is 6.10. The number of rotatable bonds is 6. The number of anilines is 1. The lowest BCUT2D eigenvalue weighted by Gasteiger charge is -2.47. The fourth-order valence-corrected chi connectivity index (χ4v) is 5.24. The molecule has 0 spiro atoms. The number of benzene rings is 1. The molecule has 1 N–H and O–H groups in total. The molecule has 4 rings (SSSR count). The highest BCUT2D eigenvalue weighted by Crippen LogP contribution is 2.26. The fourth-order valence-electron chi connectivity index (χ4n) is 5.11. The molecule has 0 bridgehead atoms. The molecule has 0 saturated carbocycles. The summed E-state index contributed by atoms with van der Waals surface area (Å²) >= 11 is 6.10. The second-order valence-electron chi connectivity index (χ2n) is 9.32. The molecule has 2 fully saturated rings. The van der Waals surface area contributed by atoms with Crippen molar-refractivity contribution < 1.29 is 0 Å². The Kier molecular flexibility index (Phi) is 7.29. The van der Waals surface area contributed by atoms with E-state index in [9.17, 15) is 0 Å². The molecule has 2 aromatic rings. The molecule has 1 aromatic carbocycles. The van der Waals surface area contributed by atoms with E-state index < -0.39 is 0 Å². The van der Waals surface area contributed by atoms with Gasteiger partial charge in [0.1, 0.15) is 5.82 Å². The lowest BCUT2D eigenvalue weighted by atomic mass is 9.92. The van der Waals surface area contributed by atoms with E-state index in [0.717, 1.165) is 49.4 Å². The van der Waals surface area contributed by atoms with Gasteiger partial charge in [-0.25, -0.2) is 4.98 Å². The molecule has 3 heterocycles. The van der Waals surface area contributed by atoms with Gasteiger partial charge >= 0.3 is 0 Å². The Morgan fingerprint density at radius 1 is 1.10 bits per heavy atom. The maximum absolute atomic E-state index is 6.10. The molecular formula is C25H35ClN4. The summed E-state index contributed by atoms with van der Waals surface area (Å²) in [6, 6.07) is 16.4. The van der Waals surface area contributed by atoms with Crippen LogP contribution in [0, 0.1) is 5.92 Å². The number of aromatic nitrogens is 1. The Morgan fingerprint density at radius 2 is 1.87 bits per heavy atom. The van der Waals surface area contributed by atoms with Crippen molar-refractivity contribution in [2.75, 3.05) is 31.1 Å². The number of nitrogens with one attached hydrogen (secondary N) is 1. The zero-order chi connectivity index (χ0) is 20.9. The molecule has 30 heavy (non-hydrogen) atoms. The third-order valence-electron chi connectivity index (χ3n) is 6.59. The number of piperidine rings is 1. The van der Waals surface area contributed by atoms with Gasteiger partial charge in [-0.1, -0.05) is 43.6 Å². The van der Waals surface area contributed by atoms with Crippen LogP contribution in [0.1, 0.15) is 38.7 Å². The van der Waals surface area contributed by atoms with Crippen LogP contribution >= 0.6 is 11.6 Å². The first kappa shape index (κ1) is 21.6. The third-order valence-corrected chi connectivity index (χ3v) is 6.84. The SMILES string of the molecule is CC(C)C[C@H]1CN(C2CCN(c3ccccn3)CC2)[C@@H](Cc2ccc(Cl)cc2)CN1. The normalized spacial score (nSPS) is 23.8. The molecule has 0 aliphatic carbocycles. The van der Waals surface area contributed by atoms with Crippen LogP contribution in [0.25, 0.3) is 0 Å². The molecule has 4 nitrogen and oxygen atoms in total. The van der Waals surface area contributed by atoms with Crippen molar-refractivity contribution >= 4 is 17.4 Å². The molecule has 2 saturated heterocycles. The number of pyridine rings is 1. The smallest absolute Gasteiger partial charge is 0.128 e. The van der Waals surface area contributed by atoms with Gasteiger partial charge in [0.25, 0.3) is 0 Å². The minimum Gasteiger partial charge on any atom is -0.357 e. The molecule has 162 valence electrons. The summed E-state index contributed by atoms with van der Waals surface area (Å²) in [5.41, 5.74) is 1.38. The van der Waals surface area contributed by atoms with Gasteiger partial charge in [-0.3, -0.25) is 4.90 Å². The minimum absolute atomic E-state index is 0.543. The van der Waals surface area contributed by atoms with Gasteiger partial charge < -0.3 is 10.2 Å². The first-order valence-electron chi connectivity index (χ1n) is 11.5. The lowest BCUT2D eigenvalue weighted by Crippen LogP contribution is -2.61. The predicted molar refractivity (Wildman–Crippen MR) is 126 cm³/mol. The number of halogens is 1. The second-order valence-corrected chi connectivity index (χ2v) is 9.76. The molecule has 5 heteroatoms. The average molecular weight is 427 g/mol. The first-order valence-corrected chi connectivity index (χ1v) is 11.9. The topological polar surface area (TPSA) is 31.4 Å². The van der Waals surface area contributed by atoms with Gasteiger partial charge in [-0.05, 0) is 61.4 Å². The molecular weight excluding hydrogens is 392 g/mol. The number of nitrogens with zero attached hydrogens (tertiary/aromatic N) is 3. The number of hydrogen-bond donors (Lipinski definition) is 1. The van der Waals surface area contributed by atoms with Gasteiger partial charge in [-0.15, -0.1) is 0 Å². The van der Waals surface area contributed by atoms with Crippen LogP contribution in [0.3, 0.4) is 0 Å². The molecule has 2 aliphatic rings. The van der Waals surface area contributed by atoms with E-state index in [2.05, 4.69) is 58.2 Å². The maximum Gasteiger partial charge on any atom is 0.128 e. The monoisotopic (exact) mass is 426 g/mol. The van der Waals surface area contributed by atoms with Gasteiger partial charge in [0.15, 0.2) is 0 Å². The predicted octanol–water partition coefficient (Wildman–Crippen LogP) is 4.64. The quantitative estimate of drug-likeness (QED) is 0.729. The summed E-state index contributed by atoms with van der Waals surface area (Å²) in [5, 5.41) is 4.66. The Bertz CT molecular complexity index is 771. The molecule has 0 unspecified atom stereocenters. The van der Waals surface area contributed by atoms with E-state index in [1.165, 1.54) is 24.8 Å². The largest absolute Gasteiger partial charge is 0.357 e. The van der Waals surface area contributed by atoms with Crippen molar-refractivity contribution in [3.63, 3.8) is 0 Å². The van der Waals surface area contributed by atoms with Crippen LogP contribution in [0.5, 0.6) is 0 Å². The summed E-state index contributed by atoms with van der Waals surface area (Å²) in [4.78, 5) is 9.82. The van der Waals surface area contributed by atoms with Crippen molar-refractivity contribution in [1.29, 1.82) is 0 Å². The molecule has 2 atom stereocenters. The summed E-state index contributed by atoms with van der Waals surface area (Å²) in [6.45, 7) is 9.07. The summed E-state index contributed by atoms with van der Waals surface area (Å²) in [5.74, 6) is 1.84. The Morgan fingerprint density at radius 3 is 2.53 bits per heavy atom. The van der Waals surface area contributed by atoms with Crippen molar-refractivity contribution in [1.82, 2.24) is 15.2 Å². The molecule has 1 aromatic heterocycles. The van der Waals surface area contributed by atoms with Crippen LogP contribution < -0.4 is 10.2 Å². The second kappa shape index (κ2) is 10.1. The van der Waals surface area contributed by atoms with E-state index in [0.29, 0.717) is 18.1 Å². The zero-order valence-corrected chi connectivity index (χ0v) is 19.1. The minimum atomic E-state index is 0.543. The van der Waals surface area contributed by atoms with E-state index in [-0.39, 0.29) is 0 Å². The van der Waals surface area contributed by atoms with Crippen LogP contribution in [0.15, 0.2) is 48.7 Å². The Balaban J connectivity index is 1.43. The average Bonchev–Trinajstić information content (AvgIpc) is 2.77. The highest BCUT2D eigenvalue weighted by Gasteiger charge is 2.34. The van der Waals surface area contributed by atoms with Crippen LogP contribution in [0.4, 0.5) is 5.82 Å². The van der Waals surface area contributed by atoms with Crippen LogP contribution in [0.2, 0.25) is 5.02 Å². The van der Waals surface area contributed by atoms with Crippen molar-refractivity contribution in [3.05, 3.63) is 59.2 Å². The summed E-state index contributed by atoms with van der Waals surface area (Å²) in [7, 11) is 0. The number of hydrogen-bond acceptors (Lipinski definition) is 4. The van der Waals surface area contributed by atoms with Gasteiger partial charge in [-0.2, -0.15) is 0 Å². The molecule has 0 amide bonds. The molecule has 2 aliphatic heterocycles. The van der Waals surface area contributed by atoms with Gasteiger partial charge in [0.05, 0.1) is 0 Å². The lowest BCUT2D eigenvalue weighted by molar-refractivity contribution is 0.0632. The van der Waals surface area contributed by atoms with Gasteiger partial charge in [0.2, 0.25) is 0 Å². The Labute approximate surface area is 186 Å². The van der Waals surface area contributed by atoms with E-state index in [4.69, 9.17) is 11.6 Å².